The third kappa shape index (κ3) is 4.50. The van der Waals surface area contributed by atoms with E-state index in [-0.39, 0.29) is 0 Å². The lowest BCUT2D eigenvalue weighted by atomic mass is 10.0. The molecular formula is C14H20BrN. The van der Waals surface area contributed by atoms with Crippen LogP contribution in [0.2, 0.25) is 0 Å². The van der Waals surface area contributed by atoms with Gasteiger partial charge in [-0.05, 0) is 37.4 Å². The first-order chi connectivity index (χ1) is 7.77. The first-order valence-corrected chi connectivity index (χ1v) is 6.65. The topological polar surface area (TPSA) is 12.0 Å². The largest absolute Gasteiger partial charge is 0.313 e. The van der Waals surface area contributed by atoms with Crippen molar-refractivity contribution >= 4 is 15.9 Å². The fraction of sp³-hybridized carbons (Fsp3) is 0.429. The molecule has 16 heavy (non-hydrogen) atoms. The molecule has 1 unspecified atom stereocenters. The van der Waals surface area contributed by atoms with E-state index in [9.17, 15) is 0 Å². The zero-order valence-electron chi connectivity index (χ0n) is 9.88. The van der Waals surface area contributed by atoms with Crippen molar-refractivity contribution in [2.45, 2.75) is 32.2 Å². The number of nitrogens with one attached hydrogen (secondary N) is 1. The predicted octanol–water partition coefficient (Wildman–Crippen LogP) is 3.94. The van der Waals surface area contributed by atoms with Gasteiger partial charge in [0.05, 0.1) is 0 Å². The quantitative estimate of drug-likeness (QED) is 0.747. The molecule has 0 saturated heterocycles. The van der Waals surface area contributed by atoms with Gasteiger partial charge in [0.25, 0.3) is 0 Å². The standard InChI is InChI=1S/C14H20BrN/c1-3-7-13(16-10-4-2)11-12-8-5-6-9-14(12)15/h3,5-6,8-9,13,16H,1,4,7,10-11H2,2H3. The molecule has 1 atom stereocenters. The molecule has 1 aromatic rings. The van der Waals surface area contributed by atoms with Crippen molar-refractivity contribution in [1.82, 2.24) is 5.32 Å². The minimum absolute atomic E-state index is 0.496. The molecule has 1 aromatic carbocycles. The predicted molar refractivity (Wildman–Crippen MR) is 74.7 cm³/mol. The summed E-state index contributed by atoms with van der Waals surface area (Å²) in [5.74, 6) is 0. The van der Waals surface area contributed by atoms with Crippen LogP contribution in [0.3, 0.4) is 0 Å². The Morgan fingerprint density at radius 1 is 1.44 bits per heavy atom. The molecule has 0 radical (unpaired) electrons. The molecule has 2 heteroatoms. The molecule has 0 aliphatic rings. The molecule has 0 aliphatic heterocycles. The molecule has 0 saturated carbocycles. The molecule has 1 N–H and O–H groups in total. The van der Waals surface area contributed by atoms with Crippen molar-refractivity contribution in [3.63, 3.8) is 0 Å². The van der Waals surface area contributed by atoms with Crippen LogP contribution in [0.25, 0.3) is 0 Å². The molecule has 0 aliphatic carbocycles. The molecule has 1 nitrogen and oxygen atoms in total. The van der Waals surface area contributed by atoms with E-state index >= 15 is 0 Å². The van der Waals surface area contributed by atoms with Crippen molar-refractivity contribution in [2.24, 2.45) is 0 Å². The molecular weight excluding hydrogens is 262 g/mol. The van der Waals surface area contributed by atoms with Gasteiger partial charge in [-0.3, -0.25) is 0 Å². The van der Waals surface area contributed by atoms with E-state index in [0.29, 0.717) is 6.04 Å². The summed E-state index contributed by atoms with van der Waals surface area (Å²) in [6.45, 7) is 7.08. The maximum absolute atomic E-state index is 3.82. The molecule has 1 rings (SSSR count). The van der Waals surface area contributed by atoms with Gasteiger partial charge in [-0.15, -0.1) is 6.58 Å². The van der Waals surface area contributed by atoms with Crippen LogP contribution >= 0.6 is 15.9 Å². The lowest BCUT2D eigenvalue weighted by Gasteiger charge is -2.17. The second kappa shape index (κ2) is 7.64. The second-order valence-electron chi connectivity index (χ2n) is 3.97. The Bertz CT molecular complexity index is 322. The van der Waals surface area contributed by atoms with Crippen LogP contribution < -0.4 is 5.32 Å². The minimum atomic E-state index is 0.496. The third-order valence-electron chi connectivity index (χ3n) is 2.56. The lowest BCUT2D eigenvalue weighted by Crippen LogP contribution is -2.31. The first-order valence-electron chi connectivity index (χ1n) is 5.85. The molecule has 0 aromatic heterocycles. The van der Waals surface area contributed by atoms with E-state index in [1.165, 1.54) is 16.5 Å². The number of hydrogen-bond donors (Lipinski definition) is 1. The molecule has 0 heterocycles. The van der Waals surface area contributed by atoms with Gasteiger partial charge >= 0.3 is 0 Å². The van der Waals surface area contributed by atoms with E-state index in [1.807, 2.05) is 6.08 Å². The van der Waals surface area contributed by atoms with Crippen LogP contribution in [0, 0.1) is 0 Å². The molecule has 0 amide bonds. The van der Waals surface area contributed by atoms with Gasteiger partial charge in [0.1, 0.15) is 0 Å². The van der Waals surface area contributed by atoms with E-state index in [1.54, 1.807) is 0 Å². The monoisotopic (exact) mass is 281 g/mol. The van der Waals surface area contributed by atoms with Crippen molar-refractivity contribution in [3.8, 4) is 0 Å². The van der Waals surface area contributed by atoms with Crippen molar-refractivity contribution < 1.29 is 0 Å². The average molecular weight is 282 g/mol. The average Bonchev–Trinajstić information content (AvgIpc) is 2.29. The van der Waals surface area contributed by atoms with E-state index < -0.39 is 0 Å². The normalized spacial score (nSPS) is 12.4. The van der Waals surface area contributed by atoms with Crippen molar-refractivity contribution in [1.29, 1.82) is 0 Å². The zero-order valence-corrected chi connectivity index (χ0v) is 11.5. The van der Waals surface area contributed by atoms with Gasteiger partial charge in [0.15, 0.2) is 0 Å². The fourth-order valence-corrected chi connectivity index (χ4v) is 2.16. The van der Waals surface area contributed by atoms with Gasteiger partial charge in [0.2, 0.25) is 0 Å². The van der Waals surface area contributed by atoms with E-state index in [4.69, 9.17) is 0 Å². The lowest BCUT2D eigenvalue weighted by molar-refractivity contribution is 0.511. The van der Waals surface area contributed by atoms with Gasteiger partial charge < -0.3 is 5.32 Å². The highest BCUT2D eigenvalue weighted by Gasteiger charge is 2.08. The summed E-state index contributed by atoms with van der Waals surface area (Å²) >= 11 is 3.59. The summed E-state index contributed by atoms with van der Waals surface area (Å²) in [6.07, 6.45) is 5.22. The Hall–Kier alpha value is -0.600. The summed E-state index contributed by atoms with van der Waals surface area (Å²) in [6, 6.07) is 8.91. The summed E-state index contributed by atoms with van der Waals surface area (Å²) < 4.78 is 1.20. The van der Waals surface area contributed by atoms with E-state index in [0.717, 1.165) is 19.4 Å². The number of rotatable bonds is 7. The smallest absolute Gasteiger partial charge is 0.0207 e. The molecule has 0 fully saturated rings. The second-order valence-corrected chi connectivity index (χ2v) is 4.83. The van der Waals surface area contributed by atoms with Crippen LogP contribution in [0.15, 0.2) is 41.4 Å². The summed E-state index contributed by atoms with van der Waals surface area (Å²) in [5.41, 5.74) is 1.36. The van der Waals surface area contributed by atoms with E-state index in [2.05, 4.69) is 59.0 Å². The number of benzene rings is 1. The maximum Gasteiger partial charge on any atom is 0.0207 e. The van der Waals surface area contributed by atoms with Crippen molar-refractivity contribution in [2.75, 3.05) is 6.54 Å². The Morgan fingerprint density at radius 2 is 2.19 bits per heavy atom. The SMILES string of the molecule is C=CCC(Cc1ccccc1Br)NCCC. The van der Waals surface area contributed by atoms with Crippen LogP contribution in [0.1, 0.15) is 25.3 Å². The van der Waals surface area contributed by atoms with Crippen LogP contribution in [0.4, 0.5) is 0 Å². The van der Waals surface area contributed by atoms with Gasteiger partial charge in [0, 0.05) is 10.5 Å². The number of hydrogen-bond acceptors (Lipinski definition) is 1. The Labute approximate surface area is 107 Å². The summed E-state index contributed by atoms with van der Waals surface area (Å²) in [7, 11) is 0. The van der Waals surface area contributed by atoms with Gasteiger partial charge in [-0.1, -0.05) is 47.1 Å². The Morgan fingerprint density at radius 3 is 2.81 bits per heavy atom. The van der Waals surface area contributed by atoms with Crippen molar-refractivity contribution in [3.05, 3.63) is 47.0 Å². The minimum Gasteiger partial charge on any atom is -0.313 e. The highest BCUT2D eigenvalue weighted by atomic mass is 79.9. The fourth-order valence-electron chi connectivity index (χ4n) is 1.72. The zero-order chi connectivity index (χ0) is 11.8. The van der Waals surface area contributed by atoms with Gasteiger partial charge in [-0.25, -0.2) is 0 Å². The van der Waals surface area contributed by atoms with Crippen LogP contribution in [0.5, 0.6) is 0 Å². The maximum atomic E-state index is 3.82. The first kappa shape index (κ1) is 13.5. The summed E-state index contributed by atoms with van der Waals surface area (Å²) in [5, 5.41) is 3.55. The Balaban J connectivity index is 2.60. The highest BCUT2D eigenvalue weighted by molar-refractivity contribution is 9.10. The van der Waals surface area contributed by atoms with Crippen LogP contribution in [-0.2, 0) is 6.42 Å². The molecule has 0 spiro atoms. The third-order valence-corrected chi connectivity index (χ3v) is 3.33. The number of halogens is 1. The highest BCUT2D eigenvalue weighted by Crippen LogP contribution is 2.18. The molecule has 0 bridgehead atoms. The van der Waals surface area contributed by atoms with Crippen LogP contribution in [-0.4, -0.2) is 12.6 Å². The Kier molecular flexibility index (Phi) is 6.43. The molecule has 88 valence electrons. The van der Waals surface area contributed by atoms with Gasteiger partial charge in [-0.2, -0.15) is 0 Å². The summed E-state index contributed by atoms with van der Waals surface area (Å²) in [4.78, 5) is 0.